The smallest absolute Gasteiger partial charge is 0.387 e. The summed E-state index contributed by atoms with van der Waals surface area (Å²) in [6.45, 7) is -2.60. The molecule has 1 amide bonds. The van der Waals surface area contributed by atoms with Gasteiger partial charge in [0.1, 0.15) is 17.2 Å². The summed E-state index contributed by atoms with van der Waals surface area (Å²) in [4.78, 5) is 11.8. The van der Waals surface area contributed by atoms with Crippen molar-refractivity contribution in [3.05, 3.63) is 54.1 Å². The van der Waals surface area contributed by atoms with E-state index in [1.165, 1.54) is 6.07 Å². The van der Waals surface area contributed by atoms with E-state index in [1.807, 2.05) is 0 Å². The van der Waals surface area contributed by atoms with Crippen molar-refractivity contribution >= 4 is 5.91 Å². The number of ether oxygens (including phenoxy) is 3. The molecule has 0 aliphatic carbocycles. The third-order valence-corrected chi connectivity index (χ3v) is 3.32. The molecule has 0 fully saturated rings. The minimum Gasteiger partial charge on any atom is -0.497 e. The maximum atomic E-state index is 12.3. The predicted octanol–water partition coefficient (Wildman–Crippen LogP) is 3.38. The Morgan fingerprint density at radius 2 is 1.76 bits per heavy atom. The first-order valence-corrected chi connectivity index (χ1v) is 7.64. The zero-order chi connectivity index (χ0) is 18.1. The second kappa shape index (κ2) is 9.46. The summed E-state index contributed by atoms with van der Waals surface area (Å²) in [7, 11) is 1.57. The third-order valence-electron chi connectivity index (χ3n) is 3.32. The van der Waals surface area contributed by atoms with Crippen molar-refractivity contribution in [1.82, 2.24) is 5.32 Å². The van der Waals surface area contributed by atoms with E-state index in [9.17, 15) is 13.6 Å². The van der Waals surface area contributed by atoms with E-state index in [4.69, 9.17) is 9.47 Å². The van der Waals surface area contributed by atoms with Crippen molar-refractivity contribution in [3.8, 4) is 17.2 Å². The number of amides is 1. The molecule has 2 aromatic rings. The summed E-state index contributed by atoms with van der Waals surface area (Å²) in [6.07, 6.45) is 0.143. The number of hydrogen-bond acceptors (Lipinski definition) is 4. The van der Waals surface area contributed by atoms with Crippen LogP contribution in [-0.4, -0.2) is 26.2 Å². The fourth-order valence-corrected chi connectivity index (χ4v) is 2.08. The van der Waals surface area contributed by atoms with Crippen LogP contribution in [0.15, 0.2) is 48.5 Å². The highest BCUT2D eigenvalue weighted by Gasteiger charge is 2.10. The van der Waals surface area contributed by atoms with Crippen molar-refractivity contribution < 1.29 is 27.8 Å². The number of nitrogens with one attached hydrogen (secondary N) is 1. The summed E-state index contributed by atoms with van der Waals surface area (Å²) in [5.41, 5.74) is 0.479. The third kappa shape index (κ3) is 6.29. The van der Waals surface area contributed by atoms with Gasteiger partial charge in [0.25, 0.3) is 0 Å². The Kier molecular flexibility index (Phi) is 7.00. The van der Waals surface area contributed by atoms with Gasteiger partial charge in [0, 0.05) is 12.1 Å². The molecule has 134 valence electrons. The van der Waals surface area contributed by atoms with Gasteiger partial charge in [-0.25, -0.2) is 0 Å². The molecule has 1 N–H and O–H groups in total. The lowest BCUT2D eigenvalue weighted by molar-refractivity contribution is -0.121. The van der Waals surface area contributed by atoms with Gasteiger partial charge in [-0.3, -0.25) is 4.79 Å². The molecule has 0 unspecified atom stereocenters. The Morgan fingerprint density at radius 3 is 2.44 bits per heavy atom. The number of carbonyl (C=O) groups is 1. The molecular formula is C18H19F2NO4. The SMILES string of the molecule is COc1ccc(OCCC(=O)NCc2ccccc2OC(F)F)cc1. The zero-order valence-electron chi connectivity index (χ0n) is 13.7. The molecule has 0 aromatic heterocycles. The van der Waals surface area contributed by atoms with Gasteiger partial charge in [-0.1, -0.05) is 18.2 Å². The van der Waals surface area contributed by atoms with Gasteiger partial charge in [-0.15, -0.1) is 0 Å². The Labute approximate surface area is 144 Å². The second-order valence-corrected chi connectivity index (χ2v) is 5.04. The Hall–Kier alpha value is -2.83. The normalized spacial score (nSPS) is 10.4. The molecule has 0 aliphatic rings. The largest absolute Gasteiger partial charge is 0.497 e. The van der Waals surface area contributed by atoms with Gasteiger partial charge in [-0.05, 0) is 30.3 Å². The van der Waals surface area contributed by atoms with Crippen molar-refractivity contribution in [1.29, 1.82) is 0 Å². The predicted molar refractivity (Wildman–Crippen MR) is 88.0 cm³/mol. The van der Waals surface area contributed by atoms with Crippen LogP contribution in [0.2, 0.25) is 0 Å². The van der Waals surface area contributed by atoms with Gasteiger partial charge in [-0.2, -0.15) is 8.78 Å². The van der Waals surface area contributed by atoms with E-state index in [1.54, 1.807) is 49.6 Å². The maximum Gasteiger partial charge on any atom is 0.387 e. The van der Waals surface area contributed by atoms with E-state index < -0.39 is 6.61 Å². The summed E-state index contributed by atoms with van der Waals surface area (Å²) < 4.78 is 39.6. The lowest BCUT2D eigenvalue weighted by atomic mass is 10.2. The molecule has 0 bridgehead atoms. The average Bonchev–Trinajstić information content (AvgIpc) is 2.61. The molecule has 0 heterocycles. The minimum absolute atomic E-state index is 0.0484. The van der Waals surface area contributed by atoms with Crippen LogP contribution in [0.4, 0.5) is 8.78 Å². The number of carbonyl (C=O) groups excluding carboxylic acids is 1. The fourth-order valence-electron chi connectivity index (χ4n) is 2.08. The van der Waals surface area contributed by atoms with Gasteiger partial charge < -0.3 is 19.5 Å². The minimum atomic E-state index is -2.91. The van der Waals surface area contributed by atoms with E-state index in [0.29, 0.717) is 11.3 Å². The number of halogens is 2. The molecule has 25 heavy (non-hydrogen) atoms. The van der Waals surface area contributed by atoms with Crippen LogP contribution in [0.3, 0.4) is 0 Å². The number of rotatable bonds is 9. The first-order chi connectivity index (χ1) is 12.1. The number of hydrogen-bond donors (Lipinski definition) is 1. The molecule has 7 heteroatoms. The van der Waals surface area contributed by atoms with E-state index in [2.05, 4.69) is 10.1 Å². The second-order valence-electron chi connectivity index (χ2n) is 5.04. The highest BCUT2D eigenvalue weighted by molar-refractivity contribution is 5.76. The lowest BCUT2D eigenvalue weighted by Crippen LogP contribution is -2.24. The summed E-state index contributed by atoms with van der Waals surface area (Å²) in [5, 5.41) is 2.65. The van der Waals surface area contributed by atoms with Gasteiger partial charge in [0.2, 0.25) is 5.91 Å². The number of alkyl halides is 2. The van der Waals surface area contributed by atoms with Crippen molar-refractivity contribution in [3.63, 3.8) is 0 Å². The van der Waals surface area contributed by atoms with Crippen LogP contribution in [0.1, 0.15) is 12.0 Å². The monoisotopic (exact) mass is 351 g/mol. The van der Waals surface area contributed by atoms with Crippen molar-refractivity contribution in [2.45, 2.75) is 19.6 Å². The zero-order valence-corrected chi connectivity index (χ0v) is 13.7. The molecule has 0 aliphatic heterocycles. The highest BCUT2D eigenvalue weighted by Crippen LogP contribution is 2.20. The molecule has 0 radical (unpaired) electrons. The standard InChI is InChI=1S/C18H19F2NO4/c1-23-14-6-8-15(9-7-14)24-11-10-17(22)21-12-13-4-2-3-5-16(13)25-18(19)20/h2-9,18H,10-12H2,1H3,(H,21,22). The van der Waals surface area contributed by atoms with E-state index >= 15 is 0 Å². The molecular weight excluding hydrogens is 332 g/mol. The van der Waals surface area contributed by atoms with E-state index in [-0.39, 0.29) is 31.2 Å². The van der Waals surface area contributed by atoms with Crippen LogP contribution in [0, 0.1) is 0 Å². The highest BCUT2D eigenvalue weighted by atomic mass is 19.3. The Morgan fingerprint density at radius 1 is 1.08 bits per heavy atom. The fraction of sp³-hybridized carbons (Fsp3) is 0.278. The van der Waals surface area contributed by atoms with Gasteiger partial charge >= 0.3 is 6.61 Å². The average molecular weight is 351 g/mol. The van der Waals surface area contributed by atoms with Gasteiger partial charge in [0.05, 0.1) is 20.1 Å². The molecule has 0 saturated carbocycles. The summed E-state index contributed by atoms with van der Waals surface area (Å²) in [6, 6.07) is 13.3. The van der Waals surface area contributed by atoms with E-state index in [0.717, 1.165) is 5.75 Å². The van der Waals surface area contributed by atoms with Crippen LogP contribution in [-0.2, 0) is 11.3 Å². The molecule has 0 spiro atoms. The molecule has 5 nitrogen and oxygen atoms in total. The first-order valence-electron chi connectivity index (χ1n) is 7.64. The van der Waals surface area contributed by atoms with Crippen molar-refractivity contribution in [2.24, 2.45) is 0 Å². The first kappa shape index (κ1) is 18.5. The quantitative estimate of drug-likeness (QED) is 0.752. The van der Waals surface area contributed by atoms with Crippen molar-refractivity contribution in [2.75, 3.05) is 13.7 Å². The van der Waals surface area contributed by atoms with Crippen LogP contribution in [0.5, 0.6) is 17.2 Å². The van der Waals surface area contributed by atoms with Crippen LogP contribution < -0.4 is 19.5 Å². The molecule has 0 saturated heterocycles. The van der Waals surface area contributed by atoms with Crippen LogP contribution >= 0.6 is 0 Å². The Balaban J connectivity index is 1.75. The maximum absolute atomic E-state index is 12.3. The molecule has 2 aromatic carbocycles. The topological polar surface area (TPSA) is 56.8 Å². The number of benzene rings is 2. The lowest BCUT2D eigenvalue weighted by Gasteiger charge is -2.11. The number of para-hydroxylation sites is 1. The molecule has 2 rings (SSSR count). The molecule has 0 atom stereocenters. The van der Waals surface area contributed by atoms with Gasteiger partial charge in [0.15, 0.2) is 0 Å². The number of methoxy groups -OCH3 is 1. The Bertz CT molecular complexity index is 677. The summed E-state index contributed by atoms with van der Waals surface area (Å²) in [5.74, 6) is 1.15. The summed E-state index contributed by atoms with van der Waals surface area (Å²) >= 11 is 0. The van der Waals surface area contributed by atoms with Crippen LogP contribution in [0.25, 0.3) is 0 Å².